The minimum atomic E-state index is -4.41. The van der Waals surface area contributed by atoms with Crippen molar-refractivity contribution in [2.75, 3.05) is 0 Å². The maximum absolute atomic E-state index is 10.9. The minimum Gasteiger partial charge on any atom is -0.282 e. The molecule has 0 saturated carbocycles. The fourth-order valence-corrected chi connectivity index (χ4v) is 2.02. The van der Waals surface area contributed by atoms with Gasteiger partial charge in [0, 0.05) is 11.6 Å². The Kier molecular flexibility index (Phi) is 5.09. The first-order valence-corrected chi connectivity index (χ1v) is 5.40. The second-order valence-corrected chi connectivity index (χ2v) is 4.53. The van der Waals surface area contributed by atoms with Crippen LogP contribution in [0.3, 0.4) is 0 Å². The monoisotopic (exact) mass is 254 g/mol. The van der Waals surface area contributed by atoms with Crippen LogP contribution in [0.1, 0.15) is 11.1 Å². The van der Waals surface area contributed by atoms with E-state index in [4.69, 9.17) is 4.55 Å². The molecule has 82 valence electrons. The van der Waals surface area contributed by atoms with E-state index in [9.17, 15) is 18.5 Å². The van der Waals surface area contributed by atoms with Crippen LogP contribution in [-0.2, 0) is 10.1 Å². The number of aryl methyl sites for hydroxylation is 2. The molecule has 0 aromatic heterocycles. The van der Waals surface area contributed by atoms with Crippen LogP contribution >= 0.6 is 0 Å². The second-order valence-electron chi connectivity index (χ2n) is 3.14. The normalized spacial score (nSPS) is 10.7. The fraction of sp³-hybridized carbons (Fsp3) is 0.250. The predicted molar refractivity (Wildman–Crippen MR) is 52.4 cm³/mol. The van der Waals surface area contributed by atoms with Crippen molar-refractivity contribution in [3.63, 3.8) is 0 Å². The first kappa shape index (κ1) is 15.5. The Morgan fingerprint density at radius 3 is 2.12 bits per heavy atom. The summed E-state index contributed by atoms with van der Waals surface area (Å²) >= 11 is 0. The molecule has 16 heavy (non-hydrogen) atoms. The SMILES string of the molecule is Cc1cc(C)c(S(=O)(=O)O)cc1[N+](=O)[O-].[Na+]. The molecule has 0 unspecified atom stereocenters. The Morgan fingerprint density at radius 1 is 1.25 bits per heavy atom. The molecule has 8 heteroatoms. The second kappa shape index (κ2) is 5.24. The number of hydrogen-bond donors (Lipinski definition) is 1. The molecule has 0 radical (unpaired) electrons. The van der Waals surface area contributed by atoms with E-state index in [1.54, 1.807) is 0 Å². The summed E-state index contributed by atoms with van der Waals surface area (Å²) in [5.41, 5.74) is 0.304. The van der Waals surface area contributed by atoms with Crippen LogP contribution in [0.25, 0.3) is 0 Å². The van der Waals surface area contributed by atoms with Crippen LogP contribution in [0.5, 0.6) is 0 Å². The standard InChI is InChI=1S/C8H9NO5S.Na/c1-5-3-6(2)8(15(12,13)14)4-7(5)9(10)11;/h3-4H,1-2H3,(H,12,13,14);/q;+1. The largest absolute Gasteiger partial charge is 1.00 e. The van der Waals surface area contributed by atoms with Crippen molar-refractivity contribution in [2.24, 2.45) is 0 Å². The number of nitrogens with zero attached hydrogens (tertiary/aromatic N) is 1. The van der Waals surface area contributed by atoms with Crippen molar-refractivity contribution in [3.05, 3.63) is 33.4 Å². The molecule has 1 aromatic carbocycles. The van der Waals surface area contributed by atoms with Crippen LogP contribution in [0, 0.1) is 24.0 Å². The van der Waals surface area contributed by atoms with Crippen molar-refractivity contribution in [3.8, 4) is 0 Å². The summed E-state index contributed by atoms with van der Waals surface area (Å²) in [7, 11) is -4.41. The Labute approximate surface area is 115 Å². The van der Waals surface area contributed by atoms with E-state index >= 15 is 0 Å². The number of rotatable bonds is 2. The Balaban J connectivity index is 0.00000225. The van der Waals surface area contributed by atoms with Crippen LogP contribution in [-0.4, -0.2) is 17.9 Å². The zero-order chi connectivity index (χ0) is 11.8. The molecule has 0 bridgehead atoms. The maximum atomic E-state index is 10.9. The molecule has 1 aromatic rings. The zero-order valence-electron chi connectivity index (χ0n) is 9.09. The van der Waals surface area contributed by atoms with Crippen molar-refractivity contribution in [1.29, 1.82) is 0 Å². The van der Waals surface area contributed by atoms with Crippen molar-refractivity contribution < 1.29 is 47.5 Å². The van der Waals surface area contributed by atoms with E-state index in [-0.39, 0.29) is 40.8 Å². The van der Waals surface area contributed by atoms with Gasteiger partial charge < -0.3 is 0 Å². The Bertz CT molecular complexity index is 525. The van der Waals surface area contributed by atoms with Gasteiger partial charge in [0.1, 0.15) is 4.90 Å². The van der Waals surface area contributed by atoms with Gasteiger partial charge in [-0.25, -0.2) is 0 Å². The van der Waals surface area contributed by atoms with Gasteiger partial charge in [0.15, 0.2) is 0 Å². The van der Waals surface area contributed by atoms with Gasteiger partial charge in [-0.3, -0.25) is 14.7 Å². The molecule has 0 saturated heterocycles. The molecule has 1 N–H and O–H groups in total. The third-order valence-corrected chi connectivity index (χ3v) is 2.96. The number of nitro benzene ring substituents is 1. The molecule has 1 rings (SSSR count). The fourth-order valence-electron chi connectivity index (χ4n) is 1.30. The van der Waals surface area contributed by atoms with Crippen LogP contribution in [0.15, 0.2) is 17.0 Å². The molecule has 6 nitrogen and oxygen atoms in total. The molecule has 0 amide bonds. The first-order valence-electron chi connectivity index (χ1n) is 3.96. The van der Waals surface area contributed by atoms with E-state index < -0.39 is 19.9 Å². The van der Waals surface area contributed by atoms with Crippen molar-refractivity contribution in [1.82, 2.24) is 0 Å². The van der Waals surface area contributed by atoms with E-state index in [0.29, 0.717) is 5.56 Å². The molecular formula is C8H9NNaO5S+. The average Bonchev–Trinajstić information content (AvgIpc) is 2.00. The molecule has 0 spiro atoms. The van der Waals surface area contributed by atoms with Gasteiger partial charge in [-0.2, -0.15) is 8.42 Å². The van der Waals surface area contributed by atoms with Gasteiger partial charge in [0.05, 0.1) is 4.92 Å². The molecule has 0 fully saturated rings. The van der Waals surface area contributed by atoms with E-state index in [1.807, 2.05) is 0 Å². The summed E-state index contributed by atoms with van der Waals surface area (Å²) in [6.45, 7) is 2.96. The molecule has 0 heterocycles. The summed E-state index contributed by atoms with van der Waals surface area (Å²) < 4.78 is 30.6. The van der Waals surface area contributed by atoms with Gasteiger partial charge in [-0.15, -0.1) is 0 Å². The Morgan fingerprint density at radius 2 is 1.75 bits per heavy atom. The third kappa shape index (κ3) is 3.26. The van der Waals surface area contributed by atoms with Gasteiger partial charge in [-0.1, -0.05) is 0 Å². The number of hydrogen-bond acceptors (Lipinski definition) is 4. The maximum Gasteiger partial charge on any atom is 1.00 e. The minimum absolute atomic E-state index is 0. The van der Waals surface area contributed by atoms with Crippen LogP contribution in [0.4, 0.5) is 5.69 Å². The number of benzene rings is 1. The summed E-state index contributed by atoms with van der Waals surface area (Å²) in [5, 5.41) is 10.5. The summed E-state index contributed by atoms with van der Waals surface area (Å²) in [5.74, 6) is 0. The predicted octanol–water partition coefficient (Wildman–Crippen LogP) is -1.54. The quantitative estimate of drug-likeness (QED) is 0.298. The van der Waals surface area contributed by atoms with E-state index in [1.165, 1.54) is 19.9 Å². The number of nitro groups is 1. The summed E-state index contributed by atoms with van der Waals surface area (Å²) in [4.78, 5) is 9.42. The topological polar surface area (TPSA) is 97.5 Å². The van der Waals surface area contributed by atoms with E-state index in [2.05, 4.69) is 0 Å². The van der Waals surface area contributed by atoms with Crippen molar-refractivity contribution in [2.45, 2.75) is 18.7 Å². The zero-order valence-corrected chi connectivity index (χ0v) is 11.9. The average molecular weight is 254 g/mol. The Hall–Kier alpha value is -0.470. The van der Waals surface area contributed by atoms with Gasteiger partial charge in [0.25, 0.3) is 15.8 Å². The molecular weight excluding hydrogens is 245 g/mol. The first-order chi connectivity index (χ1) is 6.73. The molecule has 0 aliphatic heterocycles. The molecule has 0 aliphatic rings. The van der Waals surface area contributed by atoms with Gasteiger partial charge >= 0.3 is 29.6 Å². The summed E-state index contributed by atoms with van der Waals surface area (Å²) in [6.07, 6.45) is 0. The third-order valence-electron chi connectivity index (χ3n) is 1.97. The summed E-state index contributed by atoms with van der Waals surface area (Å²) in [6, 6.07) is 2.21. The van der Waals surface area contributed by atoms with Crippen LogP contribution in [0.2, 0.25) is 0 Å². The van der Waals surface area contributed by atoms with Crippen molar-refractivity contribution >= 4 is 15.8 Å². The van der Waals surface area contributed by atoms with Crippen LogP contribution < -0.4 is 29.6 Å². The van der Waals surface area contributed by atoms with E-state index in [0.717, 1.165) is 6.07 Å². The van der Waals surface area contributed by atoms with Gasteiger partial charge in [-0.05, 0) is 25.5 Å². The molecule has 0 atom stereocenters. The van der Waals surface area contributed by atoms with Gasteiger partial charge in [0.2, 0.25) is 0 Å². The smallest absolute Gasteiger partial charge is 0.282 e. The molecule has 0 aliphatic carbocycles.